The maximum Gasteiger partial charge on any atom is 0.244 e. The molecule has 1 aliphatic rings. The van der Waals surface area contributed by atoms with E-state index in [0.717, 1.165) is 0 Å². The number of ether oxygens (including phenoxy) is 1. The molecule has 3 N–H and O–H groups in total. The summed E-state index contributed by atoms with van der Waals surface area (Å²) in [5.41, 5.74) is 6.95. The number of hydrogen-bond donors (Lipinski definition) is 2. The quantitative estimate of drug-likeness (QED) is 0.827. The Kier molecular flexibility index (Phi) is 4.50. The Labute approximate surface area is 117 Å². The molecule has 0 bridgehead atoms. The lowest BCUT2D eigenvalue weighted by Crippen LogP contribution is -2.47. The van der Waals surface area contributed by atoms with Gasteiger partial charge in [0.1, 0.15) is 6.04 Å². The predicted molar refractivity (Wildman–Crippen MR) is 76.3 cm³/mol. The zero-order valence-electron chi connectivity index (χ0n) is 10.9. The van der Waals surface area contributed by atoms with Gasteiger partial charge in [0.15, 0.2) is 0 Å². The summed E-state index contributed by atoms with van der Waals surface area (Å²) in [6.07, 6.45) is 0. The van der Waals surface area contributed by atoms with E-state index < -0.39 is 0 Å². The average molecular weight is 284 g/mol. The summed E-state index contributed by atoms with van der Waals surface area (Å²) in [4.78, 5) is 14.0. The van der Waals surface area contributed by atoms with Gasteiger partial charge in [-0.2, -0.15) is 0 Å². The Morgan fingerprint density at radius 1 is 1.47 bits per heavy atom. The van der Waals surface area contributed by atoms with E-state index in [1.54, 1.807) is 23.1 Å². The van der Waals surface area contributed by atoms with Gasteiger partial charge < -0.3 is 20.7 Å². The molecular formula is C13H18ClN3O2. The van der Waals surface area contributed by atoms with Gasteiger partial charge in [0.2, 0.25) is 5.91 Å². The topological polar surface area (TPSA) is 67.6 Å². The molecule has 1 saturated heterocycles. The molecule has 0 spiro atoms. The SMILES string of the molecule is CC(Nc1ccc(N)cc1Cl)C(=O)N1CCOCC1. The van der Waals surface area contributed by atoms with Crippen LogP contribution in [0.1, 0.15) is 6.92 Å². The molecule has 1 atom stereocenters. The molecule has 5 nitrogen and oxygen atoms in total. The van der Waals surface area contributed by atoms with Crippen molar-refractivity contribution in [2.45, 2.75) is 13.0 Å². The van der Waals surface area contributed by atoms with Crippen molar-refractivity contribution in [2.24, 2.45) is 0 Å². The summed E-state index contributed by atoms with van der Waals surface area (Å²) in [5, 5.41) is 3.63. The van der Waals surface area contributed by atoms with E-state index in [1.807, 2.05) is 6.92 Å². The van der Waals surface area contributed by atoms with Crippen molar-refractivity contribution in [3.05, 3.63) is 23.2 Å². The smallest absolute Gasteiger partial charge is 0.244 e. The number of anilines is 2. The van der Waals surface area contributed by atoms with Gasteiger partial charge in [0.25, 0.3) is 0 Å². The molecule has 1 heterocycles. The fraction of sp³-hybridized carbons (Fsp3) is 0.462. The van der Waals surface area contributed by atoms with Crippen LogP contribution >= 0.6 is 11.6 Å². The van der Waals surface area contributed by atoms with E-state index in [-0.39, 0.29) is 11.9 Å². The number of nitrogens with two attached hydrogens (primary N) is 1. The van der Waals surface area contributed by atoms with Crippen LogP contribution in [0.5, 0.6) is 0 Å². The van der Waals surface area contributed by atoms with E-state index in [2.05, 4.69) is 5.32 Å². The molecule has 0 aromatic heterocycles. The highest BCUT2D eigenvalue weighted by atomic mass is 35.5. The summed E-state index contributed by atoms with van der Waals surface area (Å²) in [6.45, 7) is 4.30. The van der Waals surface area contributed by atoms with Crippen LogP contribution in [-0.4, -0.2) is 43.2 Å². The van der Waals surface area contributed by atoms with Crippen LogP contribution < -0.4 is 11.1 Å². The first kappa shape index (κ1) is 14.0. The van der Waals surface area contributed by atoms with Gasteiger partial charge in [-0.15, -0.1) is 0 Å². The van der Waals surface area contributed by atoms with E-state index >= 15 is 0 Å². The third-order valence-electron chi connectivity index (χ3n) is 3.06. The lowest BCUT2D eigenvalue weighted by atomic mass is 10.2. The number of hydrogen-bond acceptors (Lipinski definition) is 4. The molecule has 6 heteroatoms. The summed E-state index contributed by atoms with van der Waals surface area (Å²) in [7, 11) is 0. The maximum atomic E-state index is 12.2. The molecule has 19 heavy (non-hydrogen) atoms. The van der Waals surface area contributed by atoms with Crippen molar-refractivity contribution in [2.75, 3.05) is 37.4 Å². The van der Waals surface area contributed by atoms with Crippen LogP contribution in [0.25, 0.3) is 0 Å². The Hall–Kier alpha value is -1.46. The zero-order chi connectivity index (χ0) is 13.8. The summed E-state index contributed by atoms with van der Waals surface area (Å²) in [6, 6.07) is 4.86. The normalized spacial score (nSPS) is 17.1. The summed E-state index contributed by atoms with van der Waals surface area (Å²) in [5.74, 6) is 0.0520. The maximum absolute atomic E-state index is 12.2. The van der Waals surface area contributed by atoms with Crippen molar-refractivity contribution in [3.63, 3.8) is 0 Å². The molecule has 2 rings (SSSR count). The number of nitrogens with zero attached hydrogens (tertiary/aromatic N) is 1. The van der Waals surface area contributed by atoms with E-state index in [0.29, 0.717) is 42.7 Å². The number of amides is 1. The highest BCUT2D eigenvalue weighted by Gasteiger charge is 2.22. The van der Waals surface area contributed by atoms with Gasteiger partial charge in [-0.3, -0.25) is 4.79 Å². The van der Waals surface area contributed by atoms with Crippen molar-refractivity contribution in [3.8, 4) is 0 Å². The minimum Gasteiger partial charge on any atom is -0.399 e. The van der Waals surface area contributed by atoms with Gasteiger partial charge >= 0.3 is 0 Å². The molecular weight excluding hydrogens is 266 g/mol. The first-order chi connectivity index (χ1) is 9.08. The lowest BCUT2D eigenvalue weighted by molar-refractivity contribution is -0.135. The van der Waals surface area contributed by atoms with Crippen molar-refractivity contribution >= 4 is 28.9 Å². The molecule has 0 radical (unpaired) electrons. The number of halogens is 1. The Balaban J connectivity index is 1.99. The van der Waals surface area contributed by atoms with Crippen molar-refractivity contribution in [1.29, 1.82) is 0 Å². The first-order valence-electron chi connectivity index (χ1n) is 6.26. The van der Waals surface area contributed by atoms with Gasteiger partial charge in [0, 0.05) is 18.8 Å². The van der Waals surface area contributed by atoms with E-state index in [9.17, 15) is 4.79 Å². The third-order valence-corrected chi connectivity index (χ3v) is 3.37. The zero-order valence-corrected chi connectivity index (χ0v) is 11.6. The molecule has 1 amide bonds. The standard InChI is InChI=1S/C13H18ClN3O2/c1-9(13(18)17-4-6-19-7-5-17)16-12-3-2-10(15)8-11(12)14/h2-3,8-9,16H,4-7,15H2,1H3. The molecule has 1 fully saturated rings. The van der Waals surface area contributed by atoms with Crippen molar-refractivity contribution in [1.82, 2.24) is 4.90 Å². The number of rotatable bonds is 3. The largest absolute Gasteiger partial charge is 0.399 e. The van der Waals surface area contributed by atoms with Gasteiger partial charge in [-0.25, -0.2) is 0 Å². The monoisotopic (exact) mass is 283 g/mol. The number of carbonyl (C=O) groups is 1. The number of benzene rings is 1. The van der Waals surface area contributed by atoms with Crippen LogP contribution in [0.2, 0.25) is 5.02 Å². The van der Waals surface area contributed by atoms with Crippen LogP contribution in [0.4, 0.5) is 11.4 Å². The van der Waals surface area contributed by atoms with Crippen LogP contribution in [-0.2, 0) is 9.53 Å². The molecule has 1 aromatic carbocycles. The van der Waals surface area contributed by atoms with E-state index in [1.165, 1.54) is 0 Å². The van der Waals surface area contributed by atoms with Gasteiger partial charge in [-0.1, -0.05) is 11.6 Å². The second kappa shape index (κ2) is 6.12. The first-order valence-corrected chi connectivity index (χ1v) is 6.64. The number of morpholine rings is 1. The lowest BCUT2D eigenvalue weighted by Gasteiger charge is -2.29. The number of nitrogen functional groups attached to an aromatic ring is 1. The number of nitrogens with one attached hydrogen (secondary N) is 1. The minimum atomic E-state index is -0.334. The molecule has 1 unspecified atom stereocenters. The number of carbonyl (C=O) groups excluding carboxylic acids is 1. The summed E-state index contributed by atoms with van der Waals surface area (Å²) >= 11 is 6.08. The van der Waals surface area contributed by atoms with E-state index in [4.69, 9.17) is 22.1 Å². The predicted octanol–water partition coefficient (Wildman–Crippen LogP) is 1.58. The minimum absolute atomic E-state index is 0.0520. The van der Waals surface area contributed by atoms with Crippen molar-refractivity contribution < 1.29 is 9.53 Å². The Morgan fingerprint density at radius 2 is 2.16 bits per heavy atom. The third kappa shape index (κ3) is 3.52. The van der Waals surface area contributed by atoms with Crippen LogP contribution in [0, 0.1) is 0 Å². The van der Waals surface area contributed by atoms with Gasteiger partial charge in [-0.05, 0) is 25.1 Å². The highest BCUT2D eigenvalue weighted by Crippen LogP contribution is 2.24. The van der Waals surface area contributed by atoms with Gasteiger partial charge in [0.05, 0.1) is 23.9 Å². The second-order valence-electron chi connectivity index (χ2n) is 4.54. The second-order valence-corrected chi connectivity index (χ2v) is 4.95. The molecule has 0 aliphatic carbocycles. The molecule has 1 aromatic rings. The fourth-order valence-corrected chi connectivity index (χ4v) is 2.24. The molecule has 1 aliphatic heterocycles. The Morgan fingerprint density at radius 3 is 2.79 bits per heavy atom. The average Bonchev–Trinajstić information content (AvgIpc) is 2.42. The van der Waals surface area contributed by atoms with Crippen LogP contribution in [0.3, 0.4) is 0 Å². The van der Waals surface area contributed by atoms with Crippen LogP contribution in [0.15, 0.2) is 18.2 Å². The Bertz CT molecular complexity index is 461. The summed E-state index contributed by atoms with van der Waals surface area (Å²) < 4.78 is 5.23. The fourth-order valence-electron chi connectivity index (χ4n) is 2.00. The highest BCUT2D eigenvalue weighted by molar-refractivity contribution is 6.33. The molecule has 104 valence electrons. The molecule has 0 saturated carbocycles.